The molecule has 0 fully saturated rings. The largest absolute Gasteiger partial charge is 0.437 e. The lowest BCUT2D eigenvalue weighted by Crippen LogP contribution is -1.72. The molecule has 0 saturated carbocycles. The Bertz CT molecular complexity index is 665. The smallest absolute Gasteiger partial charge is 0.220 e. The van der Waals surface area contributed by atoms with Gasteiger partial charge in [-0.05, 0) is 35.9 Å². The van der Waals surface area contributed by atoms with Crippen molar-refractivity contribution < 1.29 is 4.42 Å². The van der Waals surface area contributed by atoms with Crippen molar-refractivity contribution in [1.29, 1.82) is 0 Å². The minimum atomic E-state index is 0.603. The zero-order valence-corrected chi connectivity index (χ0v) is 10.3. The van der Waals surface area contributed by atoms with Gasteiger partial charge in [0.25, 0.3) is 0 Å². The summed E-state index contributed by atoms with van der Waals surface area (Å²) in [4.78, 5) is 4.37. The number of oxazole rings is 1. The molecule has 0 aliphatic heterocycles. The molecule has 0 bridgehead atoms. The summed E-state index contributed by atoms with van der Waals surface area (Å²) in [6.07, 6.45) is 3.80. The van der Waals surface area contributed by atoms with Crippen molar-refractivity contribution in [3.05, 3.63) is 65.0 Å². The molecule has 88 valence electrons. The lowest BCUT2D eigenvalue weighted by Gasteiger charge is -1.92. The second-order valence-electron chi connectivity index (χ2n) is 3.90. The van der Waals surface area contributed by atoms with Crippen molar-refractivity contribution in [2.24, 2.45) is 0 Å². The Balaban J connectivity index is 1.89. The maximum atomic E-state index is 5.83. The number of nitrogens with zero attached hydrogens (tertiary/aromatic N) is 1. The minimum Gasteiger partial charge on any atom is -0.437 e. The fraction of sp³-hybridized carbons (Fsp3) is 0. The molecule has 0 N–H and O–H groups in total. The monoisotopic (exact) mass is 255 g/mol. The third kappa shape index (κ3) is 2.29. The first-order chi connectivity index (χ1) is 8.81. The van der Waals surface area contributed by atoms with Gasteiger partial charge in [0.15, 0.2) is 5.58 Å². The number of halogens is 1. The van der Waals surface area contributed by atoms with Gasteiger partial charge < -0.3 is 4.42 Å². The summed E-state index contributed by atoms with van der Waals surface area (Å²) in [5, 5.41) is 0.731. The van der Waals surface area contributed by atoms with Crippen LogP contribution in [0.3, 0.4) is 0 Å². The van der Waals surface area contributed by atoms with E-state index in [1.54, 1.807) is 0 Å². The van der Waals surface area contributed by atoms with Crippen LogP contribution in [0.15, 0.2) is 52.9 Å². The van der Waals surface area contributed by atoms with Crippen molar-refractivity contribution >= 4 is 34.9 Å². The molecule has 2 aromatic carbocycles. The first-order valence-electron chi connectivity index (χ1n) is 5.60. The van der Waals surface area contributed by atoms with Crippen LogP contribution in [-0.2, 0) is 0 Å². The highest BCUT2D eigenvalue weighted by Gasteiger charge is 2.00. The molecule has 0 unspecified atom stereocenters. The van der Waals surface area contributed by atoms with Gasteiger partial charge in [-0.2, -0.15) is 0 Å². The molecule has 1 aromatic heterocycles. The summed E-state index contributed by atoms with van der Waals surface area (Å²) < 4.78 is 5.59. The van der Waals surface area contributed by atoms with Gasteiger partial charge in [0.2, 0.25) is 5.89 Å². The van der Waals surface area contributed by atoms with Crippen LogP contribution in [0.1, 0.15) is 11.5 Å². The molecule has 3 aromatic rings. The van der Waals surface area contributed by atoms with Crippen LogP contribution in [0.5, 0.6) is 0 Å². The number of benzene rings is 2. The van der Waals surface area contributed by atoms with E-state index in [0.717, 1.165) is 21.7 Å². The van der Waals surface area contributed by atoms with Gasteiger partial charge in [0.1, 0.15) is 5.52 Å². The van der Waals surface area contributed by atoms with Crippen LogP contribution in [0.25, 0.3) is 23.3 Å². The van der Waals surface area contributed by atoms with Gasteiger partial charge in [-0.3, -0.25) is 0 Å². The van der Waals surface area contributed by atoms with E-state index in [2.05, 4.69) is 4.98 Å². The zero-order valence-electron chi connectivity index (χ0n) is 9.51. The van der Waals surface area contributed by atoms with E-state index >= 15 is 0 Å². The molecule has 18 heavy (non-hydrogen) atoms. The summed E-state index contributed by atoms with van der Waals surface area (Å²) in [5.74, 6) is 0.603. The van der Waals surface area contributed by atoms with Crippen LogP contribution in [0.2, 0.25) is 5.02 Å². The summed E-state index contributed by atoms with van der Waals surface area (Å²) in [6, 6.07) is 15.3. The van der Waals surface area contributed by atoms with Gasteiger partial charge in [-0.25, -0.2) is 4.98 Å². The fourth-order valence-corrected chi connectivity index (χ4v) is 1.83. The second-order valence-corrected chi connectivity index (χ2v) is 4.34. The Morgan fingerprint density at radius 1 is 0.944 bits per heavy atom. The molecule has 0 aliphatic rings. The average Bonchev–Trinajstić information content (AvgIpc) is 2.81. The molecule has 0 radical (unpaired) electrons. The molecule has 3 heteroatoms. The van der Waals surface area contributed by atoms with Gasteiger partial charge in [0.05, 0.1) is 0 Å². The zero-order chi connectivity index (χ0) is 12.4. The van der Waals surface area contributed by atoms with Gasteiger partial charge in [-0.1, -0.05) is 35.9 Å². The average molecular weight is 256 g/mol. The predicted octanol–water partition coefficient (Wildman–Crippen LogP) is 4.65. The van der Waals surface area contributed by atoms with Crippen LogP contribution < -0.4 is 0 Å². The van der Waals surface area contributed by atoms with Crippen molar-refractivity contribution in [3.63, 3.8) is 0 Å². The highest BCUT2D eigenvalue weighted by Crippen LogP contribution is 2.17. The summed E-state index contributed by atoms with van der Waals surface area (Å²) in [6.45, 7) is 0. The first-order valence-corrected chi connectivity index (χ1v) is 5.98. The Kier molecular flexibility index (Phi) is 2.87. The number of fused-ring (bicyclic) bond motifs is 1. The standard InChI is InChI=1S/C15H10ClNO/c16-12-8-5-11(6-9-12)7-10-15-17-13-3-1-2-4-14(13)18-15/h1-10H. The van der Waals surface area contributed by atoms with E-state index in [0.29, 0.717) is 5.89 Å². The highest BCUT2D eigenvalue weighted by molar-refractivity contribution is 6.30. The van der Waals surface area contributed by atoms with Crippen LogP contribution in [-0.4, -0.2) is 4.98 Å². The van der Waals surface area contributed by atoms with Crippen molar-refractivity contribution in [2.75, 3.05) is 0 Å². The quantitative estimate of drug-likeness (QED) is 0.666. The third-order valence-corrected chi connectivity index (χ3v) is 2.85. The van der Waals surface area contributed by atoms with Crippen LogP contribution in [0, 0.1) is 0 Å². The van der Waals surface area contributed by atoms with E-state index in [-0.39, 0.29) is 0 Å². The van der Waals surface area contributed by atoms with Gasteiger partial charge >= 0.3 is 0 Å². The number of hydrogen-bond donors (Lipinski definition) is 0. The van der Waals surface area contributed by atoms with Crippen molar-refractivity contribution in [2.45, 2.75) is 0 Å². The molecule has 0 spiro atoms. The molecule has 1 heterocycles. The van der Waals surface area contributed by atoms with Crippen molar-refractivity contribution in [1.82, 2.24) is 4.98 Å². The molecular formula is C15H10ClNO. The summed E-state index contributed by atoms with van der Waals surface area (Å²) in [5.41, 5.74) is 2.73. The number of hydrogen-bond acceptors (Lipinski definition) is 2. The lowest BCUT2D eigenvalue weighted by atomic mass is 10.2. The van der Waals surface area contributed by atoms with Gasteiger partial charge in [0, 0.05) is 11.1 Å². The second kappa shape index (κ2) is 4.67. The Hall–Kier alpha value is -2.06. The Labute approximate surface area is 110 Å². The SMILES string of the molecule is Clc1ccc(C=Cc2nc3ccccc3o2)cc1. The lowest BCUT2D eigenvalue weighted by molar-refractivity contribution is 0.590. The van der Waals surface area contributed by atoms with Crippen LogP contribution in [0.4, 0.5) is 0 Å². The molecule has 0 aliphatic carbocycles. The molecule has 3 rings (SSSR count). The normalized spacial score (nSPS) is 11.4. The first kappa shape index (κ1) is 11.1. The Morgan fingerprint density at radius 2 is 1.72 bits per heavy atom. The van der Waals surface area contributed by atoms with E-state index in [9.17, 15) is 0 Å². The molecule has 2 nitrogen and oxygen atoms in total. The van der Waals surface area contributed by atoms with E-state index in [1.807, 2.05) is 60.7 Å². The maximum absolute atomic E-state index is 5.83. The molecule has 0 atom stereocenters. The van der Waals surface area contributed by atoms with E-state index in [1.165, 1.54) is 0 Å². The molecule has 0 saturated heterocycles. The summed E-state index contributed by atoms with van der Waals surface area (Å²) >= 11 is 5.83. The van der Waals surface area contributed by atoms with E-state index < -0.39 is 0 Å². The maximum Gasteiger partial charge on any atom is 0.220 e. The predicted molar refractivity (Wildman–Crippen MR) is 74.4 cm³/mol. The number of rotatable bonds is 2. The highest BCUT2D eigenvalue weighted by atomic mass is 35.5. The minimum absolute atomic E-state index is 0.603. The van der Waals surface area contributed by atoms with E-state index in [4.69, 9.17) is 16.0 Å². The summed E-state index contributed by atoms with van der Waals surface area (Å²) in [7, 11) is 0. The number of aromatic nitrogens is 1. The third-order valence-electron chi connectivity index (χ3n) is 2.60. The Morgan fingerprint density at radius 3 is 2.50 bits per heavy atom. The number of para-hydroxylation sites is 2. The van der Waals surface area contributed by atoms with Crippen molar-refractivity contribution in [3.8, 4) is 0 Å². The topological polar surface area (TPSA) is 26.0 Å². The van der Waals surface area contributed by atoms with Crippen LogP contribution >= 0.6 is 11.6 Å². The molecule has 0 amide bonds. The molecular weight excluding hydrogens is 246 g/mol. The van der Waals surface area contributed by atoms with Gasteiger partial charge in [-0.15, -0.1) is 0 Å². The fourth-order valence-electron chi connectivity index (χ4n) is 1.70.